The molecule has 1 aliphatic rings. The number of hydrogen-bond acceptors (Lipinski definition) is 5. The maximum Gasteiger partial charge on any atom is 0.336 e. The van der Waals surface area contributed by atoms with E-state index >= 15 is 0 Å². The highest BCUT2D eigenvalue weighted by Gasteiger charge is 2.43. The third-order valence-electron chi connectivity index (χ3n) is 4.02. The quantitative estimate of drug-likeness (QED) is 0.899. The van der Waals surface area contributed by atoms with Crippen LogP contribution in [0.25, 0.3) is 0 Å². The first-order chi connectivity index (χ1) is 11.0. The Morgan fingerprint density at radius 3 is 2.87 bits per heavy atom. The molecule has 1 saturated heterocycles. The number of carboxylic acid groups (broad SMARTS) is 1. The van der Waals surface area contributed by atoms with Crippen LogP contribution in [-0.2, 0) is 22.5 Å². The summed E-state index contributed by atoms with van der Waals surface area (Å²) < 4.78 is 7.16. The topological polar surface area (TPSA) is 90.1 Å². The van der Waals surface area contributed by atoms with Crippen LogP contribution in [0.1, 0.15) is 35.5 Å². The van der Waals surface area contributed by atoms with Gasteiger partial charge in [-0.25, -0.2) is 9.48 Å². The van der Waals surface area contributed by atoms with Gasteiger partial charge in [-0.05, 0) is 44.4 Å². The largest absolute Gasteiger partial charge is 0.479 e. The van der Waals surface area contributed by atoms with Crippen LogP contribution < -0.4 is 0 Å². The molecule has 0 bridgehead atoms. The predicted molar refractivity (Wildman–Crippen MR) is 82.1 cm³/mol. The molecule has 3 heterocycles. The van der Waals surface area contributed by atoms with Crippen molar-refractivity contribution in [1.29, 1.82) is 0 Å². The Hall–Kier alpha value is -2.28. The van der Waals surface area contributed by atoms with E-state index in [0.29, 0.717) is 25.3 Å². The molecule has 1 atom stereocenters. The Morgan fingerprint density at radius 2 is 2.22 bits per heavy atom. The summed E-state index contributed by atoms with van der Waals surface area (Å²) in [6.07, 6.45) is 3.27. The van der Waals surface area contributed by atoms with Crippen molar-refractivity contribution in [2.24, 2.45) is 0 Å². The molecule has 0 radical (unpaired) electrons. The summed E-state index contributed by atoms with van der Waals surface area (Å²) in [4.78, 5) is 16.0. The number of hydrogen-bond donors (Lipinski definition) is 1. The maximum atomic E-state index is 11.5. The molecule has 0 saturated carbocycles. The van der Waals surface area contributed by atoms with Gasteiger partial charge in [0.15, 0.2) is 5.60 Å². The molecule has 0 aliphatic carbocycles. The lowest BCUT2D eigenvalue weighted by molar-refractivity contribution is -0.160. The molecule has 1 aliphatic heterocycles. The number of nitrogens with zero attached hydrogens (tertiary/aromatic N) is 4. The number of pyridine rings is 1. The van der Waals surface area contributed by atoms with E-state index in [0.717, 1.165) is 23.4 Å². The van der Waals surface area contributed by atoms with Crippen LogP contribution in [0.3, 0.4) is 0 Å². The molecular weight excluding hydrogens is 296 g/mol. The second kappa shape index (κ2) is 6.08. The second-order valence-corrected chi connectivity index (χ2v) is 6.11. The lowest BCUT2D eigenvalue weighted by Crippen LogP contribution is -2.40. The highest BCUT2D eigenvalue weighted by molar-refractivity contribution is 5.78. The van der Waals surface area contributed by atoms with Gasteiger partial charge in [0.2, 0.25) is 0 Å². The average molecular weight is 316 g/mol. The fourth-order valence-corrected chi connectivity index (χ4v) is 3.04. The zero-order chi connectivity index (χ0) is 16.4. The lowest BCUT2D eigenvalue weighted by atomic mass is 9.95. The second-order valence-electron chi connectivity index (χ2n) is 6.11. The summed E-state index contributed by atoms with van der Waals surface area (Å²) >= 11 is 0. The average Bonchev–Trinajstić information content (AvgIpc) is 3.08. The van der Waals surface area contributed by atoms with Crippen LogP contribution in [0.2, 0.25) is 0 Å². The third-order valence-corrected chi connectivity index (χ3v) is 4.02. The van der Waals surface area contributed by atoms with E-state index in [1.165, 1.54) is 0 Å². The predicted octanol–water partition coefficient (Wildman–Crippen LogP) is 1.51. The zero-order valence-corrected chi connectivity index (χ0v) is 13.3. The first-order valence-corrected chi connectivity index (χ1v) is 7.67. The fourth-order valence-electron chi connectivity index (χ4n) is 3.04. The van der Waals surface area contributed by atoms with Gasteiger partial charge in [0, 0.05) is 24.9 Å². The van der Waals surface area contributed by atoms with Gasteiger partial charge in [-0.1, -0.05) is 5.21 Å². The Bertz CT molecular complexity index is 700. The minimum atomic E-state index is -1.15. The summed E-state index contributed by atoms with van der Waals surface area (Å²) in [7, 11) is 0. The molecule has 1 unspecified atom stereocenters. The van der Waals surface area contributed by atoms with Gasteiger partial charge in [-0.15, -0.1) is 5.10 Å². The summed E-state index contributed by atoms with van der Waals surface area (Å²) in [5.41, 5.74) is 2.49. The van der Waals surface area contributed by atoms with E-state index in [-0.39, 0.29) is 6.42 Å². The van der Waals surface area contributed by atoms with Gasteiger partial charge >= 0.3 is 5.97 Å². The minimum absolute atomic E-state index is 0.239. The fraction of sp³-hybridized carbons (Fsp3) is 0.500. The maximum absolute atomic E-state index is 11.5. The molecule has 2 aromatic heterocycles. The number of ether oxygens (including phenoxy) is 1. The highest BCUT2D eigenvalue weighted by Crippen LogP contribution is 2.29. The van der Waals surface area contributed by atoms with Crippen molar-refractivity contribution in [3.8, 4) is 0 Å². The molecule has 122 valence electrons. The van der Waals surface area contributed by atoms with Gasteiger partial charge in [-0.3, -0.25) is 4.98 Å². The Morgan fingerprint density at radius 1 is 1.39 bits per heavy atom. The van der Waals surface area contributed by atoms with Crippen molar-refractivity contribution >= 4 is 5.97 Å². The summed E-state index contributed by atoms with van der Waals surface area (Å²) in [5, 5.41) is 17.6. The number of carbonyl (C=O) groups is 1. The lowest BCUT2D eigenvalue weighted by Gasteiger charge is -2.21. The van der Waals surface area contributed by atoms with Crippen LogP contribution in [0.5, 0.6) is 0 Å². The van der Waals surface area contributed by atoms with Crippen molar-refractivity contribution in [3.63, 3.8) is 0 Å². The van der Waals surface area contributed by atoms with Crippen LogP contribution in [-0.4, -0.2) is 43.3 Å². The first kappa shape index (κ1) is 15.6. The van der Waals surface area contributed by atoms with Gasteiger partial charge in [0.25, 0.3) is 0 Å². The number of aryl methyl sites for hydroxylation is 2. The zero-order valence-electron chi connectivity index (χ0n) is 13.3. The SMILES string of the molecule is Cc1cc(C)nc(Cn2cc(CC3(C(=O)O)CCCO3)nn2)c1. The molecule has 1 N–H and O–H groups in total. The van der Waals surface area contributed by atoms with Gasteiger partial charge in [0.1, 0.15) is 0 Å². The third kappa shape index (κ3) is 3.39. The molecule has 0 aromatic carbocycles. The van der Waals surface area contributed by atoms with Crippen molar-refractivity contribution in [2.45, 2.75) is 45.3 Å². The van der Waals surface area contributed by atoms with Gasteiger partial charge in [0.05, 0.1) is 17.9 Å². The highest BCUT2D eigenvalue weighted by atomic mass is 16.5. The molecule has 7 nitrogen and oxygen atoms in total. The molecule has 23 heavy (non-hydrogen) atoms. The number of carboxylic acids is 1. The number of aliphatic carboxylic acids is 1. The Kier molecular flexibility index (Phi) is 4.12. The molecular formula is C16H20N4O3. The smallest absolute Gasteiger partial charge is 0.336 e. The van der Waals surface area contributed by atoms with Crippen molar-refractivity contribution < 1.29 is 14.6 Å². The molecule has 0 spiro atoms. The van der Waals surface area contributed by atoms with E-state index in [1.807, 2.05) is 26.0 Å². The van der Waals surface area contributed by atoms with E-state index in [9.17, 15) is 9.90 Å². The van der Waals surface area contributed by atoms with Gasteiger partial charge in [-0.2, -0.15) is 0 Å². The van der Waals surface area contributed by atoms with Gasteiger partial charge < -0.3 is 9.84 Å². The summed E-state index contributed by atoms with van der Waals surface area (Å²) in [6, 6.07) is 4.03. The van der Waals surface area contributed by atoms with Crippen LogP contribution in [0.4, 0.5) is 0 Å². The molecule has 0 amide bonds. The van der Waals surface area contributed by atoms with E-state index in [1.54, 1.807) is 10.9 Å². The molecule has 2 aromatic rings. The van der Waals surface area contributed by atoms with Crippen molar-refractivity contribution in [1.82, 2.24) is 20.0 Å². The minimum Gasteiger partial charge on any atom is -0.479 e. The molecule has 1 fully saturated rings. The van der Waals surface area contributed by atoms with Crippen molar-refractivity contribution in [3.05, 3.63) is 41.0 Å². The number of aromatic nitrogens is 4. The number of rotatable bonds is 5. The summed E-state index contributed by atoms with van der Waals surface area (Å²) in [6.45, 7) is 4.97. The Balaban J connectivity index is 1.74. The Labute approximate surface area is 134 Å². The normalized spacial score (nSPS) is 20.8. The standard InChI is InChI=1S/C16H20N4O3/c1-11-6-12(2)17-13(7-11)9-20-10-14(18-19-20)8-16(15(21)22)4-3-5-23-16/h6-7,10H,3-5,8-9H2,1-2H3,(H,21,22). The van der Waals surface area contributed by atoms with Crippen molar-refractivity contribution in [2.75, 3.05) is 6.61 Å². The summed E-state index contributed by atoms with van der Waals surface area (Å²) in [5.74, 6) is -0.930. The molecule has 3 rings (SSSR count). The molecule has 7 heteroatoms. The van der Waals surface area contributed by atoms with Crippen LogP contribution >= 0.6 is 0 Å². The first-order valence-electron chi connectivity index (χ1n) is 7.67. The van der Waals surface area contributed by atoms with Crippen LogP contribution in [0.15, 0.2) is 18.3 Å². The van der Waals surface area contributed by atoms with E-state index in [4.69, 9.17) is 4.74 Å². The van der Waals surface area contributed by atoms with E-state index < -0.39 is 11.6 Å². The van der Waals surface area contributed by atoms with E-state index in [2.05, 4.69) is 15.3 Å². The van der Waals surface area contributed by atoms with Crippen LogP contribution in [0, 0.1) is 13.8 Å². The monoisotopic (exact) mass is 316 g/mol.